The smallest absolute Gasteiger partial charge is 0.151 e. The van der Waals surface area contributed by atoms with Crippen molar-refractivity contribution in [2.75, 3.05) is 34.2 Å². The SMILES string of the molecule is CC.CC/C=C(/NC)NC(C=O)(CN)c1ccc(-c2ccc(C)cc2)cc1.CCN.CN(C)Cc1ccc(O)cc1C=O. The Labute approximate surface area is 259 Å². The number of aryl methyl sites for hydroxylation is 1. The number of nitrogens with two attached hydrogens (primary N) is 2. The van der Waals surface area contributed by atoms with Crippen LogP contribution < -0.4 is 22.1 Å². The topological polar surface area (TPSA) is 134 Å². The number of carbonyl (C=O) groups excluding carboxylic acids is 2. The molecule has 0 amide bonds. The Morgan fingerprint density at radius 2 is 1.47 bits per heavy atom. The highest BCUT2D eigenvalue weighted by atomic mass is 16.3. The van der Waals surface area contributed by atoms with Gasteiger partial charge in [-0.25, -0.2) is 0 Å². The van der Waals surface area contributed by atoms with Gasteiger partial charge in [0.05, 0.1) is 5.82 Å². The molecule has 3 aromatic carbocycles. The van der Waals surface area contributed by atoms with Crippen LogP contribution in [0.2, 0.25) is 0 Å². The quantitative estimate of drug-likeness (QED) is 0.189. The number of aromatic hydroxyl groups is 1. The van der Waals surface area contributed by atoms with Gasteiger partial charge in [0.25, 0.3) is 0 Å². The zero-order chi connectivity index (χ0) is 32.8. The van der Waals surface area contributed by atoms with E-state index in [1.165, 1.54) is 11.6 Å². The van der Waals surface area contributed by atoms with E-state index < -0.39 is 5.54 Å². The molecule has 3 rings (SSSR count). The van der Waals surface area contributed by atoms with Crippen molar-refractivity contribution in [3.63, 3.8) is 0 Å². The third-order valence-electron chi connectivity index (χ3n) is 6.09. The maximum absolute atomic E-state index is 11.9. The monoisotopic (exact) mass is 591 g/mol. The van der Waals surface area contributed by atoms with Crippen LogP contribution in [0.4, 0.5) is 0 Å². The second kappa shape index (κ2) is 21.7. The minimum atomic E-state index is -0.949. The van der Waals surface area contributed by atoms with E-state index in [0.717, 1.165) is 53.6 Å². The molecular weight excluding hydrogens is 538 g/mol. The van der Waals surface area contributed by atoms with Crippen molar-refractivity contribution in [1.29, 1.82) is 0 Å². The van der Waals surface area contributed by atoms with Gasteiger partial charge in [0.15, 0.2) is 12.6 Å². The fraction of sp³-hybridized carbons (Fsp3) is 0.371. The van der Waals surface area contributed by atoms with E-state index in [4.69, 9.17) is 16.6 Å². The number of hydrogen-bond acceptors (Lipinski definition) is 8. The second-order valence-electron chi connectivity index (χ2n) is 9.78. The summed E-state index contributed by atoms with van der Waals surface area (Å²) in [6.07, 6.45) is 4.50. The summed E-state index contributed by atoms with van der Waals surface area (Å²) < 4.78 is 0. The summed E-state index contributed by atoms with van der Waals surface area (Å²) in [7, 11) is 5.68. The minimum Gasteiger partial charge on any atom is -0.508 e. The molecule has 8 nitrogen and oxygen atoms in total. The number of phenolic OH excluding ortho intramolecular Hbond substituents is 1. The summed E-state index contributed by atoms with van der Waals surface area (Å²) in [5.74, 6) is 0.923. The van der Waals surface area contributed by atoms with Crippen molar-refractivity contribution in [3.05, 3.63) is 101 Å². The van der Waals surface area contributed by atoms with Gasteiger partial charge in [-0.2, -0.15) is 0 Å². The zero-order valence-electron chi connectivity index (χ0n) is 27.3. The fourth-order valence-corrected chi connectivity index (χ4v) is 3.93. The number of aldehydes is 2. The van der Waals surface area contributed by atoms with Crippen molar-refractivity contribution in [1.82, 2.24) is 15.5 Å². The van der Waals surface area contributed by atoms with Crippen LogP contribution in [0.1, 0.15) is 61.2 Å². The first-order valence-electron chi connectivity index (χ1n) is 14.7. The van der Waals surface area contributed by atoms with Gasteiger partial charge in [-0.05, 0) is 74.4 Å². The van der Waals surface area contributed by atoms with Crippen LogP contribution in [-0.4, -0.2) is 56.8 Å². The molecule has 1 unspecified atom stereocenters. The molecule has 8 heteroatoms. The van der Waals surface area contributed by atoms with E-state index in [2.05, 4.69) is 41.8 Å². The summed E-state index contributed by atoms with van der Waals surface area (Å²) in [4.78, 5) is 24.5. The Kier molecular flexibility index (Phi) is 19.7. The summed E-state index contributed by atoms with van der Waals surface area (Å²) in [6.45, 7) is 11.6. The lowest BCUT2D eigenvalue weighted by Crippen LogP contribution is -2.51. The molecule has 236 valence electrons. The summed E-state index contributed by atoms with van der Waals surface area (Å²) in [5.41, 5.74) is 15.7. The largest absolute Gasteiger partial charge is 0.508 e. The minimum absolute atomic E-state index is 0.129. The van der Waals surface area contributed by atoms with Crippen LogP contribution in [0.25, 0.3) is 11.1 Å². The van der Waals surface area contributed by atoms with Crippen LogP contribution >= 0.6 is 0 Å². The van der Waals surface area contributed by atoms with Gasteiger partial charge in [0, 0.05) is 25.7 Å². The molecule has 0 bridgehead atoms. The molecule has 0 spiro atoms. The van der Waals surface area contributed by atoms with Crippen LogP contribution in [0.15, 0.2) is 78.6 Å². The maximum Gasteiger partial charge on any atom is 0.151 e. The van der Waals surface area contributed by atoms with E-state index in [9.17, 15) is 9.59 Å². The Morgan fingerprint density at radius 3 is 1.88 bits per heavy atom. The van der Waals surface area contributed by atoms with Crippen molar-refractivity contribution < 1.29 is 14.7 Å². The molecule has 0 aliphatic heterocycles. The molecule has 0 saturated carbocycles. The number of phenols is 1. The normalized spacial score (nSPS) is 11.7. The molecule has 0 fully saturated rings. The number of nitrogens with zero attached hydrogens (tertiary/aromatic N) is 1. The van der Waals surface area contributed by atoms with Crippen molar-refractivity contribution in [2.24, 2.45) is 11.5 Å². The molecule has 0 aliphatic rings. The first kappa shape index (κ1) is 39.0. The second-order valence-corrected chi connectivity index (χ2v) is 9.78. The first-order valence-corrected chi connectivity index (χ1v) is 14.7. The lowest BCUT2D eigenvalue weighted by molar-refractivity contribution is -0.113. The zero-order valence-corrected chi connectivity index (χ0v) is 27.3. The van der Waals surface area contributed by atoms with E-state index >= 15 is 0 Å². The van der Waals surface area contributed by atoms with Crippen LogP contribution in [0, 0.1) is 6.92 Å². The molecular formula is C35H53N5O3. The van der Waals surface area contributed by atoms with Gasteiger partial charge in [0.1, 0.15) is 11.3 Å². The van der Waals surface area contributed by atoms with E-state index in [1.807, 2.05) is 84.1 Å². The van der Waals surface area contributed by atoms with E-state index in [0.29, 0.717) is 12.1 Å². The molecule has 7 N–H and O–H groups in total. The Hall–Kier alpha value is -3.98. The molecule has 0 saturated heterocycles. The van der Waals surface area contributed by atoms with Crippen LogP contribution in [-0.2, 0) is 16.9 Å². The van der Waals surface area contributed by atoms with Gasteiger partial charge < -0.3 is 36.9 Å². The molecule has 0 heterocycles. The molecule has 0 radical (unpaired) electrons. The highest BCUT2D eigenvalue weighted by Crippen LogP contribution is 2.25. The van der Waals surface area contributed by atoms with E-state index in [-0.39, 0.29) is 12.3 Å². The molecule has 43 heavy (non-hydrogen) atoms. The standard InChI is InChI=1S/C21H27N3O.C10H13NO2.C2H7N.C2H6/c1-4-5-20(23-3)24-21(14-22,15-25)19-12-10-18(11-13-19)17-8-6-16(2)7-9-17;1-11(2)6-8-3-4-10(13)5-9(8)7-12;1-2-3;1-2/h5-13,15,23-24H,4,14,22H2,1-3H3;3-5,7,13H,6H2,1-2H3;2-3H2,1H3;1-2H3/b20-5-;;;. The summed E-state index contributed by atoms with van der Waals surface area (Å²) in [6, 6.07) is 21.2. The van der Waals surface area contributed by atoms with Gasteiger partial charge in [0.2, 0.25) is 0 Å². The average molecular weight is 592 g/mol. The molecule has 0 aliphatic carbocycles. The predicted molar refractivity (Wildman–Crippen MR) is 181 cm³/mol. The Balaban J connectivity index is 0.000000820. The summed E-state index contributed by atoms with van der Waals surface area (Å²) in [5, 5.41) is 15.5. The fourth-order valence-electron chi connectivity index (χ4n) is 3.93. The van der Waals surface area contributed by atoms with Crippen molar-refractivity contribution in [2.45, 2.75) is 53.1 Å². The first-order chi connectivity index (χ1) is 20.6. The van der Waals surface area contributed by atoms with Gasteiger partial charge >= 0.3 is 0 Å². The third-order valence-corrected chi connectivity index (χ3v) is 6.09. The Morgan fingerprint density at radius 1 is 0.930 bits per heavy atom. The number of carbonyl (C=O) groups is 2. The predicted octanol–water partition coefficient (Wildman–Crippen LogP) is 5.33. The highest BCUT2D eigenvalue weighted by Gasteiger charge is 2.31. The summed E-state index contributed by atoms with van der Waals surface area (Å²) >= 11 is 0. The number of nitrogens with one attached hydrogen (secondary N) is 2. The molecule has 0 aromatic heterocycles. The van der Waals surface area contributed by atoms with Crippen LogP contribution in [0.3, 0.4) is 0 Å². The number of hydrogen-bond donors (Lipinski definition) is 5. The highest BCUT2D eigenvalue weighted by molar-refractivity contribution is 5.78. The lowest BCUT2D eigenvalue weighted by Gasteiger charge is -2.31. The Bertz CT molecular complexity index is 1230. The van der Waals surface area contributed by atoms with Crippen molar-refractivity contribution >= 4 is 12.6 Å². The van der Waals surface area contributed by atoms with Gasteiger partial charge in [-0.3, -0.25) is 4.79 Å². The number of rotatable bonds is 11. The number of allylic oxidation sites excluding steroid dienone is 1. The van der Waals surface area contributed by atoms with Crippen molar-refractivity contribution in [3.8, 4) is 16.9 Å². The number of benzene rings is 3. The molecule has 3 aromatic rings. The maximum atomic E-state index is 11.9. The van der Waals surface area contributed by atoms with Crippen LogP contribution in [0.5, 0.6) is 5.75 Å². The lowest BCUT2D eigenvalue weighted by atomic mass is 9.89. The molecule has 1 atom stereocenters. The van der Waals surface area contributed by atoms with Gasteiger partial charge in [-0.15, -0.1) is 0 Å². The van der Waals surface area contributed by atoms with Gasteiger partial charge in [-0.1, -0.05) is 87.9 Å². The average Bonchev–Trinajstić information content (AvgIpc) is 3.02. The third kappa shape index (κ3) is 13.2. The van der Waals surface area contributed by atoms with E-state index in [1.54, 1.807) is 12.1 Å².